The Bertz CT molecular complexity index is 1120. The zero-order valence-corrected chi connectivity index (χ0v) is 16.3. The summed E-state index contributed by atoms with van der Waals surface area (Å²) in [6, 6.07) is 15.9. The van der Waals surface area contributed by atoms with Crippen LogP contribution in [0.3, 0.4) is 0 Å². The predicted molar refractivity (Wildman–Crippen MR) is 111 cm³/mol. The van der Waals surface area contributed by atoms with Gasteiger partial charge >= 0.3 is 0 Å². The average molecular weight is 376 g/mol. The summed E-state index contributed by atoms with van der Waals surface area (Å²) in [5.41, 5.74) is 4.80. The second kappa shape index (κ2) is 7.48. The lowest BCUT2D eigenvalue weighted by Gasteiger charge is -2.17. The van der Waals surface area contributed by atoms with Crippen molar-refractivity contribution in [1.29, 1.82) is 0 Å². The molecule has 2 heterocycles. The van der Waals surface area contributed by atoms with E-state index < -0.39 is 6.10 Å². The van der Waals surface area contributed by atoms with Crippen molar-refractivity contribution in [2.75, 3.05) is 18.5 Å². The average Bonchev–Trinajstić information content (AvgIpc) is 3.06. The molecule has 0 saturated heterocycles. The van der Waals surface area contributed by atoms with Crippen molar-refractivity contribution in [3.8, 4) is 5.75 Å². The smallest absolute Gasteiger partial charge is 0.158 e. The number of aliphatic hydroxyl groups is 1. The molecule has 0 saturated carbocycles. The van der Waals surface area contributed by atoms with E-state index in [-0.39, 0.29) is 6.61 Å². The van der Waals surface area contributed by atoms with Gasteiger partial charge in [-0.25, -0.2) is 9.50 Å². The third kappa shape index (κ3) is 3.51. The molecule has 0 aliphatic heterocycles. The first-order chi connectivity index (χ1) is 13.5. The molecule has 0 bridgehead atoms. The number of ether oxygens (including phenoxy) is 1. The number of rotatable bonds is 6. The summed E-state index contributed by atoms with van der Waals surface area (Å²) in [5.74, 6) is 1.57. The zero-order chi connectivity index (χ0) is 19.7. The summed E-state index contributed by atoms with van der Waals surface area (Å²) >= 11 is 0. The molecule has 0 spiro atoms. The largest absolute Gasteiger partial charge is 0.490 e. The molecule has 6 heteroatoms. The molecular weight excluding hydrogens is 352 g/mol. The van der Waals surface area contributed by atoms with Crippen LogP contribution < -0.4 is 10.1 Å². The molecular formula is C22H24N4O2. The van der Waals surface area contributed by atoms with Gasteiger partial charge in [0.15, 0.2) is 5.65 Å². The Morgan fingerprint density at radius 3 is 2.61 bits per heavy atom. The first-order valence-corrected chi connectivity index (χ1v) is 9.39. The van der Waals surface area contributed by atoms with E-state index in [2.05, 4.69) is 15.4 Å². The van der Waals surface area contributed by atoms with Gasteiger partial charge in [-0.05, 0) is 44.0 Å². The van der Waals surface area contributed by atoms with Gasteiger partial charge in [-0.3, -0.25) is 0 Å². The molecule has 2 aromatic heterocycles. The standard InChI is InChI=1S/C22H24N4O2/c1-14-7-6-8-15(2)21(14)28-13-17(27)12-23-22-18-9-4-5-10-19(18)26-20(24-22)11-16(3)25-26/h4-11,17,27H,12-13H2,1-3H3,(H,23,24)/t17-/m1/s1. The molecule has 0 unspecified atom stereocenters. The monoisotopic (exact) mass is 376 g/mol. The van der Waals surface area contributed by atoms with E-state index in [9.17, 15) is 5.11 Å². The van der Waals surface area contributed by atoms with E-state index in [1.54, 1.807) is 0 Å². The quantitative estimate of drug-likeness (QED) is 0.537. The van der Waals surface area contributed by atoms with Crippen molar-refractivity contribution in [3.63, 3.8) is 0 Å². The molecule has 28 heavy (non-hydrogen) atoms. The minimum atomic E-state index is -0.664. The van der Waals surface area contributed by atoms with Crippen LogP contribution in [0.15, 0.2) is 48.5 Å². The minimum Gasteiger partial charge on any atom is -0.490 e. The number of anilines is 1. The van der Waals surface area contributed by atoms with Gasteiger partial charge in [0.2, 0.25) is 0 Å². The Morgan fingerprint density at radius 2 is 1.82 bits per heavy atom. The number of para-hydroxylation sites is 2. The van der Waals surface area contributed by atoms with E-state index in [4.69, 9.17) is 4.74 Å². The Kier molecular flexibility index (Phi) is 4.88. The van der Waals surface area contributed by atoms with E-state index in [0.29, 0.717) is 6.54 Å². The molecule has 2 N–H and O–H groups in total. The highest BCUT2D eigenvalue weighted by Crippen LogP contribution is 2.24. The second-order valence-electron chi connectivity index (χ2n) is 7.10. The maximum Gasteiger partial charge on any atom is 0.158 e. The highest BCUT2D eigenvalue weighted by atomic mass is 16.5. The van der Waals surface area contributed by atoms with Crippen LogP contribution in [0.1, 0.15) is 16.8 Å². The lowest BCUT2D eigenvalue weighted by atomic mass is 10.1. The zero-order valence-electron chi connectivity index (χ0n) is 16.3. The van der Waals surface area contributed by atoms with E-state index in [0.717, 1.165) is 44.9 Å². The van der Waals surface area contributed by atoms with Gasteiger partial charge < -0.3 is 15.2 Å². The van der Waals surface area contributed by atoms with Crippen LogP contribution in [0.5, 0.6) is 5.75 Å². The molecule has 0 aliphatic rings. The Labute approximate surface area is 163 Å². The fraction of sp³-hybridized carbons (Fsp3) is 0.273. The van der Waals surface area contributed by atoms with Crippen molar-refractivity contribution >= 4 is 22.4 Å². The first kappa shape index (κ1) is 18.3. The van der Waals surface area contributed by atoms with Crippen LogP contribution in [0.4, 0.5) is 5.82 Å². The maximum absolute atomic E-state index is 10.4. The summed E-state index contributed by atoms with van der Waals surface area (Å²) in [6.45, 7) is 6.51. The van der Waals surface area contributed by atoms with Gasteiger partial charge in [0, 0.05) is 18.0 Å². The Morgan fingerprint density at radius 1 is 1.07 bits per heavy atom. The van der Waals surface area contributed by atoms with Crippen LogP contribution in [0.25, 0.3) is 16.6 Å². The summed E-state index contributed by atoms with van der Waals surface area (Å²) in [6.07, 6.45) is -0.664. The number of nitrogens with zero attached hydrogens (tertiary/aromatic N) is 3. The number of hydrogen-bond donors (Lipinski definition) is 2. The first-order valence-electron chi connectivity index (χ1n) is 9.39. The van der Waals surface area contributed by atoms with E-state index >= 15 is 0 Å². The number of hydrogen-bond acceptors (Lipinski definition) is 5. The minimum absolute atomic E-state index is 0.213. The van der Waals surface area contributed by atoms with Crippen LogP contribution >= 0.6 is 0 Å². The third-order valence-electron chi connectivity index (χ3n) is 4.76. The summed E-state index contributed by atoms with van der Waals surface area (Å²) in [7, 11) is 0. The molecule has 0 radical (unpaired) electrons. The highest BCUT2D eigenvalue weighted by molar-refractivity contribution is 5.91. The molecule has 0 aliphatic carbocycles. The van der Waals surface area contributed by atoms with E-state index in [1.807, 2.05) is 73.8 Å². The van der Waals surface area contributed by atoms with E-state index in [1.165, 1.54) is 0 Å². The number of benzene rings is 2. The van der Waals surface area contributed by atoms with Crippen LogP contribution in [-0.4, -0.2) is 39.0 Å². The topological polar surface area (TPSA) is 71.7 Å². The van der Waals surface area contributed by atoms with Gasteiger partial charge in [0.05, 0.1) is 11.2 Å². The van der Waals surface area contributed by atoms with Crippen molar-refractivity contribution in [2.45, 2.75) is 26.9 Å². The number of aliphatic hydroxyl groups excluding tert-OH is 1. The number of nitrogens with one attached hydrogen (secondary N) is 1. The summed E-state index contributed by atoms with van der Waals surface area (Å²) in [5, 5.41) is 19.2. The number of aromatic nitrogens is 3. The highest BCUT2D eigenvalue weighted by Gasteiger charge is 2.13. The Balaban J connectivity index is 1.50. The SMILES string of the molecule is Cc1cc2nc(NC[C@@H](O)COc3c(C)cccc3C)c3ccccc3n2n1. The predicted octanol–water partition coefficient (Wildman–Crippen LogP) is 3.66. The molecule has 0 amide bonds. The van der Waals surface area contributed by atoms with Gasteiger partial charge in [-0.15, -0.1) is 0 Å². The molecule has 4 aromatic rings. The van der Waals surface area contributed by atoms with Gasteiger partial charge in [0.1, 0.15) is 24.3 Å². The summed E-state index contributed by atoms with van der Waals surface area (Å²) < 4.78 is 7.70. The lowest BCUT2D eigenvalue weighted by molar-refractivity contribution is 0.117. The molecule has 6 nitrogen and oxygen atoms in total. The van der Waals surface area contributed by atoms with Crippen molar-refractivity contribution < 1.29 is 9.84 Å². The molecule has 1 atom stereocenters. The van der Waals surface area contributed by atoms with Crippen LogP contribution in [0.2, 0.25) is 0 Å². The second-order valence-corrected chi connectivity index (χ2v) is 7.10. The number of aryl methyl sites for hydroxylation is 3. The fourth-order valence-electron chi connectivity index (χ4n) is 3.39. The van der Waals surface area contributed by atoms with Crippen LogP contribution in [-0.2, 0) is 0 Å². The fourth-order valence-corrected chi connectivity index (χ4v) is 3.39. The molecule has 2 aromatic carbocycles. The molecule has 4 rings (SSSR count). The van der Waals surface area contributed by atoms with Crippen molar-refractivity contribution in [3.05, 3.63) is 65.4 Å². The lowest BCUT2D eigenvalue weighted by Crippen LogP contribution is -2.27. The normalized spacial score (nSPS) is 12.4. The van der Waals surface area contributed by atoms with Crippen LogP contribution in [0, 0.1) is 20.8 Å². The van der Waals surface area contributed by atoms with Gasteiger partial charge in [0.25, 0.3) is 0 Å². The third-order valence-corrected chi connectivity index (χ3v) is 4.76. The van der Waals surface area contributed by atoms with Gasteiger partial charge in [-0.2, -0.15) is 5.10 Å². The van der Waals surface area contributed by atoms with Gasteiger partial charge in [-0.1, -0.05) is 30.3 Å². The number of fused-ring (bicyclic) bond motifs is 3. The maximum atomic E-state index is 10.4. The molecule has 144 valence electrons. The Hall–Kier alpha value is -3.12. The summed E-state index contributed by atoms with van der Waals surface area (Å²) in [4.78, 5) is 4.68. The van der Waals surface area contributed by atoms with Crippen molar-refractivity contribution in [1.82, 2.24) is 14.6 Å². The van der Waals surface area contributed by atoms with Crippen molar-refractivity contribution in [2.24, 2.45) is 0 Å². The molecule has 0 fully saturated rings.